The Bertz CT molecular complexity index is 753. The highest BCUT2D eigenvalue weighted by atomic mass is 16.3. The third kappa shape index (κ3) is 5.06. The predicted molar refractivity (Wildman–Crippen MR) is 108 cm³/mol. The highest BCUT2D eigenvalue weighted by Crippen LogP contribution is 2.15. The second-order valence-corrected chi connectivity index (χ2v) is 7.28. The molecule has 1 aliphatic heterocycles. The minimum Gasteiger partial charge on any atom is -0.467 e. The van der Waals surface area contributed by atoms with E-state index in [1.165, 1.54) is 5.69 Å². The van der Waals surface area contributed by atoms with Crippen molar-refractivity contribution in [3.05, 3.63) is 54.5 Å². The maximum atomic E-state index is 12.7. The van der Waals surface area contributed by atoms with E-state index in [4.69, 9.17) is 4.42 Å². The van der Waals surface area contributed by atoms with E-state index >= 15 is 0 Å². The largest absolute Gasteiger partial charge is 0.467 e. The third-order valence-electron chi connectivity index (χ3n) is 4.93. The van der Waals surface area contributed by atoms with Crippen molar-refractivity contribution >= 4 is 17.6 Å². The number of furan rings is 1. The number of nitrogens with zero attached hydrogens (tertiary/aromatic N) is 2. The fourth-order valence-corrected chi connectivity index (χ4v) is 3.26. The third-order valence-corrected chi connectivity index (χ3v) is 4.93. The normalized spacial score (nSPS) is 15.4. The Morgan fingerprint density at radius 1 is 1.04 bits per heavy atom. The van der Waals surface area contributed by atoms with E-state index in [0.717, 1.165) is 13.1 Å². The highest BCUT2D eigenvalue weighted by Gasteiger charge is 2.28. The molecule has 0 unspecified atom stereocenters. The Balaban J connectivity index is 1.50. The van der Waals surface area contributed by atoms with E-state index in [1.54, 1.807) is 23.3 Å². The molecule has 150 valence electrons. The summed E-state index contributed by atoms with van der Waals surface area (Å²) in [5.74, 6) is 0.452. The zero-order valence-corrected chi connectivity index (χ0v) is 16.4. The van der Waals surface area contributed by atoms with Crippen LogP contribution in [0, 0.1) is 5.92 Å². The summed E-state index contributed by atoms with van der Waals surface area (Å²) in [7, 11) is 0. The first-order chi connectivity index (χ1) is 13.5. The second-order valence-electron chi connectivity index (χ2n) is 7.28. The van der Waals surface area contributed by atoms with Gasteiger partial charge in [0.05, 0.1) is 12.8 Å². The van der Waals surface area contributed by atoms with Crippen molar-refractivity contribution in [1.82, 2.24) is 15.5 Å². The lowest BCUT2D eigenvalue weighted by Crippen LogP contribution is -2.57. The second kappa shape index (κ2) is 9.30. The molecule has 28 heavy (non-hydrogen) atoms. The molecular weight excluding hydrogens is 356 g/mol. The van der Waals surface area contributed by atoms with Crippen LogP contribution in [0.2, 0.25) is 0 Å². The summed E-state index contributed by atoms with van der Waals surface area (Å²) in [6.45, 7) is 6.94. The molecule has 2 aromatic rings. The van der Waals surface area contributed by atoms with Gasteiger partial charge in [0.15, 0.2) is 0 Å². The number of urea groups is 1. The van der Waals surface area contributed by atoms with Crippen LogP contribution >= 0.6 is 0 Å². The van der Waals surface area contributed by atoms with Crippen LogP contribution in [0.15, 0.2) is 53.1 Å². The maximum absolute atomic E-state index is 12.7. The summed E-state index contributed by atoms with van der Waals surface area (Å²) in [5, 5.41) is 5.73. The topological polar surface area (TPSA) is 77.8 Å². The van der Waals surface area contributed by atoms with Crippen LogP contribution in [0.1, 0.15) is 19.6 Å². The lowest BCUT2D eigenvalue weighted by molar-refractivity contribution is -0.124. The molecule has 2 heterocycles. The van der Waals surface area contributed by atoms with Gasteiger partial charge in [0.25, 0.3) is 0 Å². The molecule has 1 fully saturated rings. The number of anilines is 1. The molecule has 0 aliphatic carbocycles. The van der Waals surface area contributed by atoms with E-state index < -0.39 is 6.04 Å². The number of carbonyl (C=O) groups excluding carboxylic acids is 2. The van der Waals surface area contributed by atoms with Crippen molar-refractivity contribution < 1.29 is 14.0 Å². The molecule has 0 spiro atoms. The monoisotopic (exact) mass is 384 g/mol. The number of benzene rings is 1. The van der Waals surface area contributed by atoms with Crippen LogP contribution < -0.4 is 15.5 Å². The van der Waals surface area contributed by atoms with Gasteiger partial charge in [-0.05, 0) is 30.2 Å². The summed E-state index contributed by atoms with van der Waals surface area (Å²) < 4.78 is 5.23. The minimum atomic E-state index is -0.588. The molecule has 0 bridgehead atoms. The van der Waals surface area contributed by atoms with E-state index in [-0.39, 0.29) is 17.9 Å². The molecule has 0 radical (unpaired) electrons. The molecule has 3 rings (SSSR count). The average molecular weight is 384 g/mol. The molecule has 1 saturated heterocycles. The summed E-state index contributed by atoms with van der Waals surface area (Å²) in [5.41, 5.74) is 1.17. The first-order valence-corrected chi connectivity index (χ1v) is 9.70. The number of carbonyl (C=O) groups is 2. The van der Waals surface area contributed by atoms with Crippen molar-refractivity contribution in [2.75, 3.05) is 31.1 Å². The first kappa shape index (κ1) is 19.8. The number of amides is 3. The number of rotatable bonds is 6. The maximum Gasteiger partial charge on any atom is 0.318 e. The van der Waals surface area contributed by atoms with Crippen molar-refractivity contribution in [1.29, 1.82) is 0 Å². The van der Waals surface area contributed by atoms with Gasteiger partial charge in [-0.3, -0.25) is 4.79 Å². The van der Waals surface area contributed by atoms with Gasteiger partial charge in [0.2, 0.25) is 5.91 Å². The number of nitrogens with one attached hydrogen (secondary N) is 2. The van der Waals surface area contributed by atoms with Gasteiger partial charge in [-0.25, -0.2) is 4.79 Å². The predicted octanol–water partition coefficient (Wildman–Crippen LogP) is 2.45. The minimum absolute atomic E-state index is 0.0221. The summed E-state index contributed by atoms with van der Waals surface area (Å²) in [4.78, 5) is 29.3. The Labute approximate surface area is 165 Å². The smallest absolute Gasteiger partial charge is 0.318 e. The van der Waals surface area contributed by atoms with Gasteiger partial charge in [-0.2, -0.15) is 0 Å². The fraction of sp³-hybridized carbons (Fsp3) is 0.429. The van der Waals surface area contributed by atoms with Crippen LogP contribution in [-0.2, 0) is 11.3 Å². The van der Waals surface area contributed by atoms with E-state index in [2.05, 4.69) is 27.7 Å². The molecule has 0 saturated carbocycles. The van der Waals surface area contributed by atoms with Crippen LogP contribution in [0.5, 0.6) is 0 Å². The fourth-order valence-electron chi connectivity index (χ4n) is 3.26. The number of hydrogen-bond donors (Lipinski definition) is 2. The highest BCUT2D eigenvalue weighted by molar-refractivity contribution is 5.87. The first-order valence-electron chi connectivity index (χ1n) is 9.70. The van der Waals surface area contributed by atoms with E-state index in [9.17, 15) is 9.59 Å². The Hall–Kier alpha value is -2.96. The van der Waals surface area contributed by atoms with Gasteiger partial charge >= 0.3 is 6.03 Å². The zero-order valence-electron chi connectivity index (χ0n) is 16.4. The van der Waals surface area contributed by atoms with E-state index in [0.29, 0.717) is 25.4 Å². The molecule has 1 aromatic heterocycles. The SMILES string of the molecule is CC(C)[C@H](NC(=O)N1CCN(c2ccccc2)CC1)C(=O)NCc1ccco1. The molecule has 7 nitrogen and oxygen atoms in total. The van der Waals surface area contributed by atoms with Gasteiger partial charge in [0, 0.05) is 31.9 Å². The Morgan fingerprint density at radius 3 is 2.36 bits per heavy atom. The molecule has 1 aliphatic rings. The van der Waals surface area contributed by atoms with Crippen molar-refractivity contribution in [3.63, 3.8) is 0 Å². The van der Waals surface area contributed by atoms with Gasteiger partial charge in [0.1, 0.15) is 11.8 Å². The quantitative estimate of drug-likeness (QED) is 0.802. The molecule has 1 atom stereocenters. The number of piperazine rings is 1. The van der Waals surface area contributed by atoms with Gasteiger partial charge in [-0.1, -0.05) is 32.0 Å². The van der Waals surface area contributed by atoms with Crippen LogP contribution in [0.3, 0.4) is 0 Å². The molecular formula is C21H28N4O3. The van der Waals surface area contributed by atoms with Crippen LogP contribution in [0.25, 0.3) is 0 Å². The van der Waals surface area contributed by atoms with Crippen LogP contribution in [0.4, 0.5) is 10.5 Å². The van der Waals surface area contributed by atoms with Crippen molar-refractivity contribution in [3.8, 4) is 0 Å². The van der Waals surface area contributed by atoms with Gasteiger partial charge in [-0.15, -0.1) is 0 Å². The standard InChI is InChI=1S/C21H28N4O3/c1-16(2)19(20(26)22-15-18-9-6-14-28-18)23-21(27)25-12-10-24(11-13-25)17-7-4-3-5-8-17/h3-9,14,16,19H,10-13,15H2,1-2H3,(H,22,26)(H,23,27)/t19-/m0/s1. The molecule has 2 N–H and O–H groups in total. The van der Waals surface area contributed by atoms with Crippen molar-refractivity contribution in [2.24, 2.45) is 5.92 Å². The summed E-state index contributed by atoms with van der Waals surface area (Å²) in [6.07, 6.45) is 1.57. The van der Waals surface area contributed by atoms with Gasteiger partial charge < -0.3 is 24.9 Å². The summed E-state index contributed by atoms with van der Waals surface area (Å²) >= 11 is 0. The lowest BCUT2D eigenvalue weighted by atomic mass is 10.0. The van der Waals surface area contributed by atoms with E-state index in [1.807, 2.05) is 32.0 Å². The summed E-state index contributed by atoms with van der Waals surface area (Å²) in [6, 6.07) is 13.0. The molecule has 1 aromatic carbocycles. The average Bonchev–Trinajstić information content (AvgIpc) is 3.24. The zero-order chi connectivity index (χ0) is 19.9. The van der Waals surface area contributed by atoms with Crippen LogP contribution in [-0.4, -0.2) is 49.1 Å². The Kier molecular flexibility index (Phi) is 6.57. The molecule has 7 heteroatoms. The molecule has 3 amide bonds. The van der Waals surface area contributed by atoms with Crippen molar-refractivity contribution in [2.45, 2.75) is 26.4 Å². The lowest BCUT2D eigenvalue weighted by Gasteiger charge is -2.37. The number of para-hydroxylation sites is 1. The number of hydrogen-bond acceptors (Lipinski definition) is 4. The Morgan fingerprint density at radius 2 is 1.75 bits per heavy atom.